The molecule has 5 nitrogen and oxygen atoms in total. The van der Waals surface area contributed by atoms with Gasteiger partial charge in [-0.1, -0.05) is 11.6 Å². The number of imidazole rings is 1. The molecule has 2 aromatic rings. The summed E-state index contributed by atoms with van der Waals surface area (Å²) in [7, 11) is 0. The molecule has 0 radical (unpaired) electrons. The molecule has 2 aliphatic rings. The summed E-state index contributed by atoms with van der Waals surface area (Å²) in [6.45, 7) is 3.35. The highest BCUT2D eigenvalue weighted by molar-refractivity contribution is 6.29. The molecule has 1 N–H and O–H groups in total. The van der Waals surface area contributed by atoms with Crippen molar-refractivity contribution in [2.24, 2.45) is 5.92 Å². The highest BCUT2D eigenvalue weighted by Gasteiger charge is 2.32. The van der Waals surface area contributed by atoms with Gasteiger partial charge in [0.2, 0.25) is 0 Å². The number of aromatic nitrogens is 2. The summed E-state index contributed by atoms with van der Waals surface area (Å²) in [6.07, 6.45) is 5.91. The Bertz CT molecular complexity index is 686. The lowest BCUT2D eigenvalue weighted by atomic mass is 9.96. The molecule has 2 fully saturated rings. The first-order chi connectivity index (χ1) is 10.2. The molecule has 2 aliphatic heterocycles. The molecule has 110 valence electrons. The van der Waals surface area contributed by atoms with E-state index in [1.54, 1.807) is 18.3 Å². The SMILES string of the molecule is O=C(NC1CC2CCN(C2)C1)c1ccn2cc(Cl)nc2c1. The van der Waals surface area contributed by atoms with Gasteiger partial charge in [-0.05, 0) is 37.4 Å². The van der Waals surface area contributed by atoms with Crippen LogP contribution in [0, 0.1) is 5.92 Å². The van der Waals surface area contributed by atoms with E-state index in [1.807, 2.05) is 10.6 Å². The van der Waals surface area contributed by atoms with Crippen LogP contribution >= 0.6 is 11.6 Å². The molecule has 2 saturated heterocycles. The number of amides is 1. The lowest BCUT2D eigenvalue weighted by Crippen LogP contribution is -2.47. The Hall–Kier alpha value is -1.59. The van der Waals surface area contributed by atoms with Crippen LogP contribution in [0.15, 0.2) is 24.5 Å². The molecular weight excluding hydrogens is 288 g/mol. The van der Waals surface area contributed by atoms with Gasteiger partial charge < -0.3 is 14.6 Å². The van der Waals surface area contributed by atoms with E-state index >= 15 is 0 Å². The maximum Gasteiger partial charge on any atom is 0.251 e. The van der Waals surface area contributed by atoms with Crippen LogP contribution in [-0.4, -0.2) is 45.9 Å². The van der Waals surface area contributed by atoms with Crippen molar-refractivity contribution < 1.29 is 4.79 Å². The van der Waals surface area contributed by atoms with E-state index in [2.05, 4.69) is 15.2 Å². The average molecular weight is 305 g/mol. The Kier molecular flexibility index (Phi) is 3.12. The second kappa shape index (κ2) is 5.00. The summed E-state index contributed by atoms with van der Waals surface area (Å²) in [5.41, 5.74) is 1.33. The minimum atomic E-state index is -0.0240. The van der Waals surface area contributed by atoms with Crippen LogP contribution in [0.3, 0.4) is 0 Å². The van der Waals surface area contributed by atoms with Crippen molar-refractivity contribution in [2.45, 2.75) is 18.9 Å². The molecule has 0 aliphatic carbocycles. The van der Waals surface area contributed by atoms with Gasteiger partial charge in [-0.2, -0.15) is 0 Å². The second-order valence-corrected chi connectivity index (χ2v) is 6.45. The van der Waals surface area contributed by atoms with E-state index in [4.69, 9.17) is 11.6 Å². The van der Waals surface area contributed by atoms with Gasteiger partial charge in [-0.3, -0.25) is 4.79 Å². The maximum atomic E-state index is 12.4. The topological polar surface area (TPSA) is 49.6 Å². The molecule has 3 unspecified atom stereocenters. The monoisotopic (exact) mass is 304 g/mol. The maximum absolute atomic E-state index is 12.4. The van der Waals surface area contributed by atoms with Gasteiger partial charge in [0.25, 0.3) is 5.91 Å². The molecule has 4 rings (SSSR count). The van der Waals surface area contributed by atoms with Crippen molar-refractivity contribution in [1.29, 1.82) is 0 Å². The van der Waals surface area contributed by atoms with Crippen LogP contribution in [-0.2, 0) is 0 Å². The first-order valence-electron chi connectivity index (χ1n) is 7.35. The fourth-order valence-corrected chi connectivity index (χ4v) is 3.72. The van der Waals surface area contributed by atoms with Gasteiger partial charge in [0, 0.05) is 37.1 Å². The smallest absolute Gasteiger partial charge is 0.251 e. The quantitative estimate of drug-likeness (QED) is 0.920. The summed E-state index contributed by atoms with van der Waals surface area (Å²) in [5.74, 6) is 0.724. The Morgan fingerprint density at radius 2 is 2.33 bits per heavy atom. The number of carbonyl (C=O) groups is 1. The molecule has 0 aromatic carbocycles. The van der Waals surface area contributed by atoms with Crippen LogP contribution in [0.4, 0.5) is 0 Å². The van der Waals surface area contributed by atoms with E-state index in [9.17, 15) is 4.79 Å². The van der Waals surface area contributed by atoms with Crippen molar-refractivity contribution in [2.75, 3.05) is 19.6 Å². The highest BCUT2D eigenvalue weighted by atomic mass is 35.5. The van der Waals surface area contributed by atoms with E-state index in [1.165, 1.54) is 19.5 Å². The van der Waals surface area contributed by atoms with Gasteiger partial charge in [-0.15, -0.1) is 0 Å². The summed E-state index contributed by atoms with van der Waals surface area (Å²) in [6, 6.07) is 3.84. The molecule has 1 amide bonds. The molecule has 6 heteroatoms. The number of nitrogens with one attached hydrogen (secondary N) is 1. The molecule has 4 heterocycles. The number of piperidine rings is 1. The third-order valence-corrected chi connectivity index (χ3v) is 4.68. The van der Waals surface area contributed by atoms with Crippen molar-refractivity contribution in [3.63, 3.8) is 0 Å². The Morgan fingerprint density at radius 3 is 3.19 bits per heavy atom. The number of hydrogen-bond donors (Lipinski definition) is 1. The van der Waals surface area contributed by atoms with Gasteiger partial charge >= 0.3 is 0 Å². The third-order valence-electron chi connectivity index (χ3n) is 4.49. The fraction of sp³-hybridized carbons (Fsp3) is 0.467. The third kappa shape index (κ3) is 2.51. The minimum Gasteiger partial charge on any atom is -0.348 e. The van der Waals surface area contributed by atoms with Gasteiger partial charge in [0.15, 0.2) is 0 Å². The largest absolute Gasteiger partial charge is 0.348 e. The standard InChI is InChI=1S/C15H17ClN4O/c16-13-9-20-4-2-11(6-14(20)18-13)15(21)17-12-5-10-1-3-19(7-10)8-12/h2,4,6,9-10,12H,1,3,5,7-8H2,(H,17,21). The number of halogens is 1. The Morgan fingerprint density at radius 1 is 1.43 bits per heavy atom. The molecular formula is C15H17ClN4O. The molecule has 2 bridgehead atoms. The van der Waals surface area contributed by atoms with Crippen molar-refractivity contribution >= 4 is 23.2 Å². The summed E-state index contributed by atoms with van der Waals surface area (Å²) in [5, 5.41) is 3.59. The van der Waals surface area contributed by atoms with E-state index in [0.29, 0.717) is 16.4 Å². The van der Waals surface area contributed by atoms with Crippen LogP contribution < -0.4 is 5.32 Å². The summed E-state index contributed by atoms with van der Waals surface area (Å²) in [4.78, 5) is 19.0. The predicted molar refractivity (Wildman–Crippen MR) is 80.6 cm³/mol. The Labute approximate surface area is 127 Å². The van der Waals surface area contributed by atoms with Crippen LogP contribution in [0.25, 0.3) is 5.65 Å². The van der Waals surface area contributed by atoms with Crippen molar-refractivity contribution in [3.8, 4) is 0 Å². The number of rotatable bonds is 2. The molecule has 0 saturated carbocycles. The molecule has 21 heavy (non-hydrogen) atoms. The van der Waals surface area contributed by atoms with Gasteiger partial charge in [-0.25, -0.2) is 4.98 Å². The first-order valence-corrected chi connectivity index (χ1v) is 7.72. The number of carbonyl (C=O) groups excluding carboxylic acids is 1. The van der Waals surface area contributed by atoms with Crippen LogP contribution in [0.2, 0.25) is 5.15 Å². The predicted octanol–water partition coefficient (Wildman–Crippen LogP) is 1.81. The average Bonchev–Trinajstić information content (AvgIpc) is 2.99. The zero-order valence-electron chi connectivity index (χ0n) is 11.6. The number of pyridine rings is 1. The molecule has 2 aromatic heterocycles. The van der Waals surface area contributed by atoms with E-state index in [-0.39, 0.29) is 11.9 Å². The molecule has 3 atom stereocenters. The number of fused-ring (bicyclic) bond motifs is 3. The summed E-state index contributed by atoms with van der Waals surface area (Å²) < 4.78 is 1.81. The Balaban J connectivity index is 1.50. The fourth-order valence-electron chi connectivity index (χ4n) is 3.53. The zero-order valence-corrected chi connectivity index (χ0v) is 12.4. The van der Waals surface area contributed by atoms with Crippen molar-refractivity contribution in [1.82, 2.24) is 19.6 Å². The number of nitrogens with zero attached hydrogens (tertiary/aromatic N) is 3. The highest BCUT2D eigenvalue weighted by Crippen LogP contribution is 2.26. The first kappa shape index (κ1) is 13.1. The molecule has 0 spiro atoms. The minimum absolute atomic E-state index is 0.0240. The normalized spacial score (nSPS) is 28.0. The zero-order chi connectivity index (χ0) is 14.4. The van der Waals surface area contributed by atoms with Crippen molar-refractivity contribution in [3.05, 3.63) is 35.2 Å². The van der Waals surface area contributed by atoms with E-state index in [0.717, 1.165) is 18.9 Å². The lowest BCUT2D eigenvalue weighted by Gasteiger charge is -2.30. The summed E-state index contributed by atoms with van der Waals surface area (Å²) >= 11 is 5.87. The van der Waals surface area contributed by atoms with E-state index < -0.39 is 0 Å². The lowest BCUT2D eigenvalue weighted by molar-refractivity contribution is 0.0909. The van der Waals surface area contributed by atoms with Crippen LogP contribution in [0.5, 0.6) is 0 Å². The van der Waals surface area contributed by atoms with Gasteiger partial charge in [0.1, 0.15) is 10.8 Å². The second-order valence-electron chi connectivity index (χ2n) is 6.06. The van der Waals surface area contributed by atoms with Crippen LogP contribution in [0.1, 0.15) is 23.2 Å². The number of hydrogen-bond acceptors (Lipinski definition) is 3. The van der Waals surface area contributed by atoms with Gasteiger partial charge in [0.05, 0.1) is 0 Å².